The van der Waals surface area contributed by atoms with Crippen molar-refractivity contribution in [3.8, 4) is 5.75 Å². The second-order valence-corrected chi connectivity index (χ2v) is 7.64. The molecule has 5 nitrogen and oxygen atoms in total. The van der Waals surface area contributed by atoms with Gasteiger partial charge in [-0.2, -0.15) is 0 Å². The number of methoxy groups -OCH3 is 1. The van der Waals surface area contributed by atoms with E-state index in [9.17, 15) is 9.59 Å². The van der Waals surface area contributed by atoms with Crippen LogP contribution in [0.5, 0.6) is 5.75 Å². The first-order valence-corrected chi connectivity index (χ1v) is 9.01. The van der Waals surface area contributed by atoms with E-state index in [4.69, 9.17) is 16.3 Å². The molecule has 1 fully saturated rings. The summed E-state index contributed by atoms with van der Waals surface area (Å²) >= 11 is 7.47. The number of carbonyl (C=O) groups excluding carboxylic acids is 2. The third kappa shape index (κ3) is 2.48. The molecule has 7 heteroatoms. The topological polar surface area (TPSA) is 58.6 Å². The van der Waals surface area contributed by atoms with Crippen LogP contribution in [-0.4, -0.2) is 23.8 Å². The molecule has 2 aromatic carbocycles. The number of nitrogens with zero attached hydrogens (tertiary/aromatic N) is 1. The Morgan fingerprint density at radius 2 is 2.12 bits per heavy atom. The number of amides is 2. The lowest BCUT2D eigenvalue weighted by atomic mass is 10.1. The minimum absolute atomic E-state index is 0.0364. The molecule has 2 aliphatic heterocycles. The fourth-order valence-electron chi connectivity index (χ4n) is 3.30. The van der Waals surface area contributed by atoms with Gasteiger partial charge in [-0.05, 0) is 36.8 Å². The number of thioether (sulfide) groups is 1. The van der Waals surface area contributed by atoms with Gasteiger partial charge in [0.25, 0.3) is 5.91 Å². The van der Waals surface area contributed by atoms with Gasteiger partial charge >= 0.3 is 0 Å². The Hall–Kier alpha value is -2.18. The van der Waals surface area contributed by atoms with Crippen molar-refractivity contribution in [1.29, 1.82) is 0 Å². The first-order valence-electron chi connectivity index (χ1n) is 7.81. The Kier molecular flexibility index (Phi) is 3.89. The zero-order valence-corrected chi connectivity index (χ0v) is 15.0. The lowest BCUT2D eigenvalue weighted by molar-refractivity contribution is -0.121. The second-order valence-electron chi connectivity index (χ2n) is 5.88. The third-order valence-electron chi connectivity index (χ3n) is 4.44. The molecule has 1 saturated heterocycles. The van der Waals surface area contributed by atoms with E-state index in [0.717, 1.165) is 10.6 Å². The summed E-state index contributed by atoms with van der Waals surface area (Å²) in [6, 6.07) is 12.6. The number of hydrogen-bond acceptors (Lipinski definition) is 4. The monoisotopic (exact) mass is 374 g/mol. The molecule has 0 radical (unpaired) electrons. The minimum atomic E-state index is -0.964. The number of halogens is 1. The van der Waals surface area contributed by atoms with Gasteiger partial charge in [0.05, 0.1) is 18.5 Å². The molecule has 1 atom stereocenters. The van der Waals surface area contributed by atoms with Crippen molar-refractivity contribution in [1.82, 2.24) is 0 Å². The summed E-state index contributed by atoms with van der Waals surface area (Å²) in [5.41, 5.74) is 1.29. The number of carbonyl (C=O) groups is 2. The van der Waals surface area contributed by atoms with Gasteiger partial charge in [0.1, 0.15) is 5.75 Å². The normalized spacial score (nSPS) is 21.0. The van der Waals surface area contributed by atoms with Crippen LogP contribution < -0.4 is 15.0 Å². The molecular formula is C18H15ClN2O3S. The van der Waals surface area contributed by atoms with Gasteiger partial charge in [-0.25, -0.2) is 0 Å². The Morgan fingerprint density at radius 3 is 2.92 bits per heavy atom. The molecule has 0 aliphatic carbocycles. The van der Waals surface area contributed by atoms with Crippen LogP contribution in [-0.2, 0) is 9.59 Å². The zero-order valence-electron chi connectivity index (χ0n) is 13.4. The summed E-state index contributed by atoms with van der Waals surface area (Å²) in [4.78, 5) is 27.2. The molecule has 25 heavy (non-hydrogen) atoms. The number of para-hydroxylation sites is 1. The van der Waals surface area contributed by atoms with Crippen molar-refractivity contribution < 1.29 is 14.3 Å². The van der Waals surface area contributed by atoms with Gasteiger partial charge in [-0.1, -0.05) is 35.5 Å². The van der Waals surface area contributed by atoms with E-state index in [1.807, 2.05) is 24.3 Å². The van der Waals surface area contributed by atoms with E-state index in [1.165, 1.54) is 18.9 Å². The van der Waals surface area contributed by atoms with Gasteiger partial charge in [-0.3, -0.25) is 14.5 Å². The number of anilines is 2. The van der Waals surface area contributed by atoms with E-state index in [-0.39, 0.29) is 11.8 Å². The van der Waals surface area contributed by atoms with Crippen LogP contribution in [0, 0.1) is 0 Å². The molecule has 0 saturated carbocycles. The zero-order chi connectivity index (χ0) is 17.6. The van der Waals surface area contributed by atoms with Crippen LogP contribution >= 0.6 is 23.4 Å². The molecule has 0 aromatic heterocycles. The fourth-order valence-corrected chi connectivity index (χ4v) is 4.88. The van der Waals surface area contributed by atoms with Crippen molar-refractivity contribution in [2.45, 2.75) is 22.6 Å². The highest BCUT2D eigenvalue weighted by atomic mass is 35.5. The molecule has 2 heterocycles. The van der Waals surface area contributed by atoms with Crippen LogP contribution in [0.3, 0.4) is 0 Å². The number of benzene rings is 2. The van der Waals surface area contributed by atoms with E-state index in [1.54, 1.807) is 23.1 Å². The highest BCUT2D eigenvalue weighted by Crippen LogP contribution is 2.56. The number of hydrogen-bond donors (Lipinski definition) is 1. The van der Waals surface area contributed by atoms with Gasteiger partial charge in [0, 0.05) is 16.3 Å². The lowest BCUT2D eigenvalue weighted by Crippen LogP contribution is -2.49. The van der Waals surface area contributed by atoms with Crippen molar-refractivity contribution in [3.63, 3.8) is 0 Å². The van der Waals surface area contributed by atoms with Crippen LogP contribution in [0.25, 0.3) is 0 Å². The summed E-state index contributed by atoms with van der Waals surface area (Å²) < 4.78 is 5.30. The number of rotatable bonds is 3. The largest absolute Gasteiger partial charge is 0.495 e. The van der Waals surface area contributed by atoms with Crippen molar-refractivity contribution >= 4 is 46.6 Å². The summed E-state index contributed by atoms with van der Waals surface area (Å²) in [5, 5.41) is 3.39. The first kappa shape index (κ1) is 16.3. The van der Waals surface area contributed by atoms with Gasteiger partial charge in [0.15, 0.2) is 4.87 Å². The summed E-state index contributed by atoms with van der Waals surface area (Å²) in [7, 11) is 1.53. The van der Waals surface area contributed by atoms with Gasteiger partial charge in [-0.15, -0.1) is 0 Å². The average molecular weight is 375 g/mol. The van der Waals surface area contributed by atoms with Crippen LogP contribution in [0.1, 0.15) is 12.8 Å². The molecule has 2 aliphatic rings. The molecule has 2 aromatic rings. The molecule has 1 unspecified atom stereocenters. The fraction of sp³-hybridized carbons (Fsp3) is 0.222. The van der Waals surface area contributed by atoms with Crippen LogP contribution in [0.2, 0.25) is 5.02 Å². The van der Waals surface area contributed by atoms with E-state index >= 15 is 0 Å². The number of nitrogens with one attached hydrogen (secondary N) is 1. The predicted octanol–water partition coefficient (Wildman–Crippen LogP) is 3.92. The summed E-state index contributed by atoms with van der Waals surface area (Å²) in [6.45, 7) is 0. The molecule has 128 valence electrons. The highest BCUT2D eigenvalue weighted by Gasteiger charge is 2.57. The van der Waals surface area contributed by atoms with Crippen molar-refractivity contribution in [2.24, 2.45) is 0 Å². The van der Waals surface area contributed by atoms with E-state index in [0.29, 0.717) is 29.3 Å². The predicted molar refractivity (Wildman–Crippen MR) is 98.4 cm³/mol. The number of ether oxygens (including phenoxy) is 1. The molecule has 0 spiro atoms. The highest BCUT2D eigenvalue weighted by molar-refractivity contribution is 8.02. The molecule has 0 bridgehead atoms. The molecule has 4 rings (SSSR count). The average Bonchev–Trinajstić information content (AvgIpc) is 3.11. The van der Waals surface area contributed by atoms with Crippen LogP contribution in [0.4, 0.5) is 11.4 Å². The Morgan fingerprint density at radius 1 is 1.32 bits per heavy atom. The molecule has 1 N–H and O–H groups in total. The quantitative estimate of drug-likeness (QED) is 0.884. The molecule has 2 amide bonds. The summed E-state index contributed by atoms with van der Waals surface area (Å²) in [6.07, 6.45) is 0.807. The van der Waals surface area contributed by atoms with Crippen LogP contribution in [0.15, 0.2) is 47.4 Å². The number of fused-ring (bicyclic) bond motifs is 3. The first-order chi connectivity index (χ1) is 12.0. The Bertz CT molecular complexity index is 888. The Balaban J connectivity index is 1.71. The molecular weight excluding hydrogens is 360 g/mol. The maximum atomic E-state index is 13.2. The summed E-state index contributed by atoms with van der Waals surface area (Å²) in [5.74, 6) is 0.233. The smallest absolute Gasteiger partial charge is 0.261 e. The van der Waals surface area contributed by atoms with E-state index < -0.39 is 4.87 Å². The maximum Gasteiger partial charge on any atom is 0.261 e. The Labute approximate surface area is 154 Å². The van der Waals surface area contributed by atoms with Gasteiger partial charge < -0.3 is 10.1 Å². The SMILES string of the molecule is COc1ccc(Cl)cc1NC(=O)C12CCC(=O)N1c1ccccc1S2. The van der Waals surface area contributed by atoms with E-state index in [2.05, 4.69) is 5.32 Å². The lowest BCUT2D eigenvalue weighted by Gasteiger charge is -2.29. The van der Waals surface area contributed by atoms with Crippen molar-refractivity contribution in [3.05, 3.63) is 47.5 Å². The minimum Gasteiger partial charge on any atom is -0.495 e. The third-order valence-corrected chi connectivity index (χ3v) is 6.15. The second kappa shape index (κ2) is 5.97. The maximum absolute atomic E-state index is 13.2. The van der Waals surface area contributed by atoms with Gasteiger partial charge in [0.2, 0.25) is 5.91 Å². The standard InChI is InChI=1S/C18H15ClN2O3S/c1-24-14-7-6-11(19)10-12(14)20-17(23)18-9-8-16(22)21(18)13-4-2-3-5-15(13)25-18/h2-7,10H,8-9H2,1H3,(H,20,23). The van der Waals surface area contributed by atoms with Crippen molar-refractivity contribution in [2.75, 3.05) is 17.3 Å².